The summed E-state index contributed by atoms with van der Waals surface area (Å²) in [4.78, 5) is 22.3. The van der Waals surface area contributed by atoms with Crippen LogP contribution in [-0.4, -0.2) is 19.2 Å². The molecule has 0 atom stereocenters. The van der Waals surface area contributed by atoms with E-state index in [1.54, 1.807) is 18.2 Å². The van der Waals surface area contributed by atoms with Gasteiger partial charge in [0.25, 0.3) is 15.7 Å². The van der Waals surface area contributed by atoms with E-state index in [0.717, 1.165) is 5.56 Å². The molecule has 3 aromatic carbocycles. The normalized spacial score (nSPS) is 11.3. The zero-order valence-electron chi connectivity index (χ0n) is 16.5. The largest absolute Gasteiger partial charge is 0.323 e. The molecule has 0 fully saturated rings. The molecule has 9 heteroatoms. The van der Waals surface area contributed by atoms with Gasteiger partial charge in [-0.1, -0.05) is 12.1 Å². The maximum atomic E-state index is 12.5. The molecule has 0 radical (unpaired) electrons. The van der Waals surface area contributed by atoms with Gasteiger partial charge in [0.15, 0.2) is 0 Å². The van der Waals surface area contributed by atoms with Crippen LogP contribution >= 0.6 is 0 Å². The highest BCUT2D eigenvalue weighted by atomic mass is 32.2. The predicted octanol–water partition coefficient (Wildman–Crippen LogP) is 4.36. The number of hydrogen-bond donors (Lipinski definition) is 2. The Morgan fingerprint density at radius 1 is 0.968 bits per heavy atom. The van der Waals surface area contributed by atoms with E-state index in [1.807, 2.05) is 13.0 Å². The summed E-state index contributed by atoms with van der Waals surface area (Å²) < 4.78 is 27.6. The third-order valence-electron chi connectivity index (χ3n) is 4.23. The van der Waals surface area contributed by atoms with Gasteiger partial charge in [-0.2, -0.15) is 0 Å². The van der Waals surface area contributed by atoms with E-state index < -0.39 is 20.9 Å². The lowest BCUT2D eigenvalue weighted by Crippen LogP contribution is -2.13. The zero-order chi connectivity index (χ0) is 22.4. The molecule has 0 saturated heterocycles. The topological polar surface area (TPSA) is 118 Å². The van der Waals surface area contributed by atoms with Crippen LogP contribution in [0.2, 0.25) is 0 Å². The van der Waals surface area contributed by atoms with E-state index in [0.29, 0.717) is 16.9 Å². The number of rotatable bonds is 7. The maximum absolute atomic E-state index is 12.5. The van der Waals surface area contributed by atoms with Gasteiger partial charge in [0.05, 0.1) is 9.82 Å². The third-order valence-corrected chi connectivity index (χ3v) is 5.63. The van der Waals surface area contributed by atoms with E-state index in [9.17, 15) is 23.3 Å². The molecular weight excluding hydrogens is 418 g/mol. The molecule has 31 heavy (non-hydrogen) atoms. The number of aryl methyl sites for hydroxylation is 1. The Hall–Kier alpha value is -3.98. The molecule has 0 aromatic heterocycles. The molecule has 0 aliphatic carbocycles. The first-order valence-corrected chi connectivity index (χ1v) is 10.6. The molecular formula is C22H19N3O5S. The van der Waals surface area contributed by atoms with Gasteiger partial charge in [-0.05, 0) is 72.7 Å². The van der Waals surface area contributed by atoms with Crippen molar-refractivity contribution in [1.82, 2.24) is 0 Å². The van der Waals surface area contributed by atoms with Gasteiger partial charge in [-0.25, -0.2) is 8.42 Å². The van der Waals surface area contributed by atoms with Crippen LogP contribution < -0.4 is 10.0 Å². The third kappa shape index (κ3) is 6.00. The monoisotopic (exact) mass is 437 g/mol. The van der Waals surface area contributed by atoms with E-state index in [4.69, 9.17) is 0 Å². The molecule has 0 aliphatic rings. The van der Waals surface area contributed by atoms with Gasteiger partial charge >= 0.3 is 0 Å². The van der Waals surface area contributed by atoms with Crippen LogP contribution in [0.3, 0.4) is 0 Å². The second-order valence-corrected chi connectivity index (χ2v) is 8.35. The van der Waals surface area contributed by atoms with Crippen LogP contribution in [0.1, 0.15) is 11.1 Å². The lowest BCUT2D eigenvalue weighted by molar-refractivity contribution is -0.384. The summed E-state index contributed by atoms with van der Waals surface area (Å²) in [5.74, 6) is -0.424. The average molecular weight is 437 g/mol. The standard InChI is InChI=1S/C22H19N3O5S/c1-16-3-2-4-19(15-16)24-31(29,30)21-12-8-18(9-13-21)23-22(26)14-7-17-5-10-20(11-6-17)25(27)28/h2-15,24H,1H3,(H,23,26)/b14-7+. The van der Waals surface area contributed by atoms with Crippen molar-refractivity contribution in [3.05, 3.63) is 100 Å². The minimum absolute atomic E-state index is 0.0338. The van der Waals surface area contributed by atoms with E-state index in [-0.39, 0.29) is 10.6 Å². The summed E-state index contributed by atoms with van der Waals surface area (Å²) in [6.07, 6.45) is 2.80. The molecule has 8 nitrogen and oxygen atoms in total. The zero-order valence-corrected chi connectivity index (χ0v) is 17.3. The summed E-state index contributed by atoms with van der Waals surface area (Å²) in [6, 6.07) is 18.5. The summed E-state index contributed by atoms with van der Waals surface area (Å²) in [5.41, 5.74) is 2.42. The Morgan fingerprint density at radius 3 is 2.26 bits per heavy atom. The summed E-state index contributed by atoms with van der Waals surface area (Å²) in [7, 11) is -3.76. The number of nitro groups is 1. The molecule has 0 heterocycles. The first-order chi connectivity index (χ1) is 14.7. The molecule has 3 rings (SSSR count). The van der Waals surface area contributed by atoms with Gasteiger partial charge in [0.2, 0.25) is 5.91 Å². The molecule has 1 amide bonds. The number of nitrogens with zero attached hydrogens (tertiary/aromatic N) is 1. The number of hydrogen-bond acceptors (Lipinski definition) is 5. The number of anilines is 2. The van der Waals surface area contributed by atoms with Crippen LogP contribution in [0.4, 0.5) is 17.1 Å². The van der Waals surface area contributed by atoms with Gasteiger partial charge < -0.3 is 5.32 Å². The first kappa shape index (κ1) is 21.7. The van der Waals surface area contributed by atoms with Crippen molar-refractivity contribution in [2.75, 3.05) is 10.0 Å². The van der Waals surface area contributed by atoms with Crippen molar-refractivity contribution in [3.8, 4) is 0 Å². The van der Waals surface area contributed by atoms with Crippen LogP contribution in [0.15, 0.2) is 83.8 Å². The van der Waals surface area contributed by atoms with Crippen molar-refractivity contribution < 1.29 is 18.1 Å². The van der Waals surface area contributed by atoms with Crippen molar-refractivity contribution >= 4 is 39.1 Å². The Morgan fingerprint density at radius 2 is 1.65 bits per heavy atom. The number of carbonyl (C=O) groups excluding carboxylic acids is 1. The quantitative estimate of drug-likeness (QED) is 0.323. The van der Waals surface area contributed by atoms with Gasteiger partial charge in [0, 0.05) is 29.6 Å². The molecule has 2 N–H and O–H groups in total. The molecule has 0 unspecified atom stereocenters. The van der Waals surface area contributed by atoms with Crippen molar-refractivity contribution in [1.29, 1.82) is 0 Å². The molecule has 0 spiro atoms. The van der Waals surface area contributed by atoms with Crippen molar-refractivity contribution in [2.24, 2.45) is 0 Å². The smallest absolute Gasteiger partial charge is 0.269 e. The van der Waals surface area contributed by atoms with E-state index in [2.05, 4.69) is 10.0 Å². The maximum Gasteiger partial charge on any atom is 0.269 e. The Kier molecular flexibility index (Phi) is 6.46. The van der Waals surface area contributed by atoms with Crippen LogP contribution in [-0.2, 0) is 14.8 Å². The fourth-order valence-electron chi connectivity index (χ4n) is 2.70. The number of carbonyl (C=O) groups is 1. The number of amides is 1. The summed E-state index contributed by atoms with van der Waals surface area (Å²) >= 11 is 0. The van der Waals surface area contributed by atoms with Gasteiger partial charge in [0.1, 0.15) is 0 Å². The minimum atomic E-state index is -3.76. The second-order valence-electron chi connectivity index (χ2n) is 6.67. The second kappa shape index (κ2) is 9.23. The first-order valence-electron chi connectivity index (χ1n) is 9.16. The molecule has 0 saturated carbocycles. The Bertz CT molecular complexity index is 1230. The highest BCUT2D eigenvalue weighted by Gasteiger charge is 2.14. The highest BCUT2D eigenvalue weighted by Crippen LogP contribution is 2.19. The number of nitrogens with one attached hydrogen (secondary N) is 2. The van der Waals surface area contributed by atoms with Crippen LogP contribution in [0, 0.1) is 17.0 Å². The minimum Gasteiger partial charge on any atom is -0.323 e. The predicted molar refractivity (Wildman–Crippen MR) is 119 cm³/mol. The van der Waals surface area contributed by atoms with Crippen molar-refractivity contribution in [2.45, 2.75) is 11.8 Å². The lowest BCUT2D eigenvalue weighted by Gasteiger charge is -2.09. The average Bonchev–Trinajstić information content (AvgIpc) is 2.72. The Balaban J connectivity index is 1.63. The summed E-state index contributed by atoms with van der Waals surface area (Å²) in [5, 5.41) is 13.3. The lowest BCUT2D eigenvalue weighted by atomic mass is 10.2. The SMILES string of the molecule is Cc1cccc(NS(=O)(=O)c2ccc(NC(=O)/C=C/c3ccc([N+](=O)[O-])cc3)cc2)c1. The number of benzene rings is 3. The van der Waals surface area contributed by atoms with E-state index in [1.165, 1.54) is 60.7 Å². The van der Waals surface area contributed by atoms with Crippen LogP contribution in [0.25, 0.3) is 6.08 Å². The Labute approximate surface area is 179 Å². The fourth-order valence-corrected chi connectivity index (χ4v) is 3.75. The number of nitro benzene ring substituents is 1. The molecule has 3 aromatic rings. The van der Waals surface area contributed by atoms with Crippen LogP contribution in [0.5, 0.6) is 0 Å². The molecule has 158 valence electrons. The molecule has 0 aliphatic heterocycles. The number of non-ortho nitro benzene ring substituents is 1. The van der Waals surface area contributed by atoms with E-state index >= 15 is 0 Å². The van der Waals surface area contributed by atoms with Gasteiger partial charge in [-0.3, -0.25) is 19.6 Å². The van der Waals surface area contributed by atoms with Crippen molar-refractivity contribution in [3.63, 3.8) is 0 Å². The fraction of sp³-hybridized carbons (Fsp3) is 0.0455. The van der Waals surface area contributed by atoms with Gasteiger partial charge in [-0.15, -0.1) is 0 Å². The number of sulfonamides is 1. The highest BCUT2D eigenvalue weighted by molar-refractivity contribution is 7.92. The summed E-state index contributed by atoms with van der Waals surface area (Å²) in [6.45, 7) is 1.87. The molecule has 0 bridgehead atoms.